The average molecular weight is 556 g/mol. The first kappa shape index (κ1) is 26.5. The summed E-state index contributed by atoms with van der Waals surface area (Å²) in [6, 6.07) is 12.3. The van der Waals surface area contributed by atoms with E-state index in [1.165, 1.54) is 12.3 Å². The van der Waals surface area contributed by atoms with Crippen LogP contribution >= 0.6 is 0 Å². The van der Waals surface area contributed by atoms with Gasteiger partial charge >= 0.3 is 0 Å². The van der Waals surface area contributed by atoms with Gasteiger partial charge in [-0.1, -0.05) is 12.1 Å². The van der Waals surface area contributed by atoms with E-state index < -0.39 is 17.7 Å². The van der Waals surface area contributed by atoms with Gasteiger partial charge in [-0.05, 0) is 61.1 Å². The molecule has 3 heterocycles. The van der Waals surface area contributed by atoms with Gasteiger partial charge in [-0.3, -0.25) is 24.1 Å². The van der Waals surface area contributed by atoms with E-state index in [0.29, 0.717) is 34.9 Å². The summed E-state index contributed by atoms with van der Waals surface area (Å²) >= 11 is 0. The highest BCUT2D eigenvalue weighted by Gasteiger charge is 2.37. The Hall–Kier alpha value is -4.77. The highest BCUT2D eigenvalue weighted by Crippen LogP contribution is 2.38. The molecule has 6 rings (SSSR count). The Morgan fingerprint density at radius 2 is 1.76 bits per heavy atom. The van der Waals surface area contributed by atoms with Crippen LogP contribution in [0.25, 0.3) is 0 Å². The summed E-state index contributed by atoms with van der Waals surface area (Å²) in [5, 5.41) is 2.49. The minimum Gasteiger partial charge on any atom is -0.493 e. The lowest BCUT2D eigenvalue weighted by atomic mass is 10.1. The monoisotopic (exact) mass is 555 g/mol. The van der Waals surface area contributed by atoms with E-state index in [1.807, 2.05) is 30.3 Å². The SMILES string of the molecule is COc1ccc(N2Cc3ccc(CN4C(=O)c5cnc(NC(=O)CN)cc5C4=O)cc3C2=O)cc1OC1CCCC1. The first-order chi connectivity index (χ1) is 19.9. The molecule has 1 fully saturated rings. The van der Waals surface area contributed by atoms with Crippen molar-refractivity contribution in [3.05, 3.63) is 76.5 Å². The molecule has 0 saturated heterocycles. The van der Waals surface area contributed by atoms with Gasteiger partial charge in [-0.25, -0.2) is 4.98 Å². The predicted octanol–water partition coefficient (Wildman–Crippen LogP) is 3.27. The molecule has 3 N–H and O–H groups in total. The van der Waals surface area contributed by atoms with Gasteiger partial charge in [0.05, 0.1) is 44.0 Å². The Morgan fingerprint density at radius 3 is 2.51 bits per heavy atom. The summed E-state index contributed by atoms with van der Waals surface area (Å²) in [6.45, 7) is 0.138. The van der Waals surface area contributed by atoms with Crippen LogP contribution < -0.4 is 25.4 Å². The average Bonchev–Trinajstić information content (AvgIpc) is 3.67. The number of rotatable bonds is 8. The first-order valence-corrected chi connectivity index (χ1v) is 13.5. The number of methoxy groups -OCH3 is 1. The number of carbonyl (C=O) groups is 4. The first-order valence-electron chi connectivity index (χ1n) is 13.5. The molecule has 210 valence electrons. The van der Waals surface area contributed by atoms with Gasteiger partial charge in [0.15, 0.2) is 11.5 Å². The summed E-state index contributed by atoms with van der Waals surface area (Å²) in [5.41, 5.74) is 8.32. The van der Waals surface area contributed by atoms with Gasteiger partial charge in [0.25, 0.3) is 17.7 Å². The van der Waals surface area contributed by atoms with E-state index in [-0.39, 0.29) is 42.0 Å². The molecular weight excluding hydrogens is 526 g/mol. The molecule has 0 radical (unpaired) electrons. The normalized spacial score (nSPS) is 16.3. The fourth-order valence-corrected chi connectivity index (χ4v) is 5.54. The minimum atomic E-state index is -0.503. The Labute approximate surface area is 236 Å². The number of pyridine rings is 1. The molecule has 0 unspecified atom stereocenters. The number of carbonyl (C=O) groups excluding carboxylic acids is 4. The topological polar surface area (TPSA) is 144 Å². The van der Waals surface area contributed by atoms with Crippen molar-refractivity contribution in [3.63, 3.8) is 0 Å². The molecule has 0 bridgehead atoms. The van der Waals surface area contributed by atoms with E-state index in [0.717, 1.165) is 36.1 Å². The molecule has 1 saturated carbocycles. The Balaban J connectivity index is 1.20. The third kappa shape index (κ3) is 4.89. The lowest BCUT2D eigenvalue weighted by molar-refractivity contribution is -0.114. The number of ether oxygens (including phenoxy) is 2. The van der Waals surface area contributed by atoms with Crippen LogP contribution in [0.4, 0.5) is 11.5 Å². The van der Waals surface area contributed by atoms with Crippen LogP contribution in [0.1, 0.15) is 67.9 Å². The molecule has 11 nitrogen and oxygen atoms in total. The van der Waals surface area contributed by atoms with Crippen LogP contribution in [0.2, 0.25) is 0 Å². The zero-order valence-corrected chi connectivity index (χ0v) is 22.5. The Bertz CT molecular complexity index is 1580. The summed E-state index contributed by atoms with van der Waals surface area (Å²) in [4.78, 5) is 58.1. The van der Waals surface area contributed by atoms with Crippen LogP contribution in [0.15, 0.2) is 48.7 Å². The van der Waals surface area contributed by atoms with Crippen LogP contribution in [0.3, 0.4) is 0 Å². The lowest BCUT2D eigenvalue weighted by Crippen LogP contribution is -2.29. The van der Waals surface area contributed by atoms with Crippen LogP contribution in [-0.4, -0.2) is 53.3 Å². The zero-order valence-electron chi connectivity index (χ0n) is 22.5. The number of nitrogens with zero attached hydrogens (tertiary/aromatic N) is 3. The zero-order chi connectivity index (χ0) is 28.7. The van der Waals surface area contributed by atoms with Crippen molar-refractivity contribution in [2.24, 2.45) is 5.73 Å². The second-order valence-electron chi connectivity index (χ2n) is 10.3. The van der Waals surface area contributed by atoms with E-state index in [9.17, 15) is 19.2 Å². The van der Waals surface area contributed by atoms with E-state index in [2.05, 4.69) is 10.3 Å². The van der Waals surface area contributed by atoms with Crippen molar-refractivity contribution in [1.82, 2.24) is 9.88 Å². The second kappa shape index (κ2) is 10.7. The maximum Gasteiger partial charge on any atom is 0.263 e. The molecule has 41 heavy (non-hydrogen) atoms. The number of hydrogen-bond donors (Lipinski definition) is 2. The van der Waals surface area contributed by atoms with Crippen molar-refractivity contribution in [2.45, 2.75) is 44.9 Å². The molecular formula is C30H29N5O6. The Kier molecular flexibility index (Phi) is 6.88. The number of nitrogens with one attached hydrogen (secondary N) is 1. The van der Waals surface area contributed by atoms with Gasteiger partial charge in [0, 0.05) is 23.5 Å². The van der Waals surface area contributed by atoms with Crippen molar-refractivity contribution in [3.8, 4) is 11.5 Å². The second-order valence-corrected chi connectivity index (χ2v) is 10.3. The van der Waals surface area contributed by atoms with E-state index in [1.54, 1.807) is 18.1 Å². The van der Waals surface area contributed by atoms with Crippen LogP contribution in [-0.2, 0) is 17.9 Å². The van der Waals surface area contributed by atoms with Gasteiger partial charge < -0.3 is 25.4 Å². The van der Waals surface area contributed by atoms with Gasteiger partial charge in [0.2, 0.25) is 5.91 Å². The number of amides is 4. The fraction of sp³-hybridized carbons (Fsp3) is 0.300. The van der Waals surface area contributed by atoms with Crippen molar-refractivity contribution < 1.29 is 28.7 Å². The number of aromatic nitrogens is 1. The van der Waals surface area contributed by atoms with Gasteiger partial charge in [0.1, 0.15) is 5.82 Å². The molecule has 4 amide bonds. The Morgan fingerprint density at radius 1 is 0.976 bits per heavy atom. The molecule has 1 aromatic heterocycles. The molecule has 3 aliphatic rings. The maximum absolute atomic E-state index is 13.5. The number of hydrogen-bond acceptors (Lipinski definition) is 8. The smallest absolute Gasteiger partial charge is 0.263 e. The third-order valence-corrected chi connectivity index (χ3v) is 7.68. The van der Waals surface area contributed by atoms with Gasteiger partial charge in [-0.15, -0.1) is 0 Å². The number of benzene rings is 2. The molecule has 11 heteroatoms. The number of anilines is 2. The van der Waals surface area contributed by atoms with Crippen LogP contribution in [0, 0.1) is 0 Å². The minimum absolute atomic E-state index is 0.0146. The van der Waals surface area contributed by atoms with E-state index >= 15 is 0 Å². The summed E-state index contributed by atoms with van der Waals surface area (Å²) in [7, 11) is 1.60. The standard InChI is InChI=1S/C30H29N5O6/c1-40-24-9-8-19(11-25(24)41-20-4-2-3-5-20)34-16-18-7-6-17(10-21(18)28(34)37)15-35-29(38)22-12-26(33-27(36)13-31)32-14-23(22)30(35)39/h6-12,14,20H,2-5,13,15-16,31H2,1H3,(H,32,33,36). The summed E-state index contributed by atoms with van der Waals surface area (Å²) < 4.78 is 11.7. The van der Waals surface area contributed by atoms with Crippen LogP contribution in [0.5, 0.6) is 11.5 Å². The maximum atomic E-state index is 13.5. The van der Waals surface area contributed by atoms with E-state index in [4.69, 9.17) is 15.2 Å². The fourth-order valence-electron chi connectivity index (χ4n) is 5.54. The number of nitrogens with two attached hydrogens (primary N) is 1. The predicted molar refractivity (Wildman–Crippen MR) is 149 cm³/mol. The summed E-state index contributed by atoms with van der Waals surface area (Å²) in [6.07, 6.45) is 5.69. The highest BCUT2D eigenvalue weighted by molar-refractivity contribution is 6.21. The molecule has 3 aromatic rings. The molecule has 2 aliphatic heterocycles. The van der Waals surface area contributed by atoms with Crippen molar-refractivity contribution in [2.75, 3.05) is 23.9 Å². The van der Waals surface area contributed by atoms with Crippen molar-refractivity contribution in [1.29, 1.82) is 0 Å². The molecule has 0 spiro atoms. The van der Waals surface area contributed by atoms with Crippen molar-refractivity contribution >= 4 is 35.1 Å². The molecule has 0 atom stereocenters. The number of fused-ring (bicyclic) bond motifs is 2. The third-order valence-electron chi connectivity index (χ3n) is 7.68. The van der Waals surface area contributed by atoms with Gasteiger partial charge in [-0.2, -0.15) is 0 Å². The lowest BCUT2D eigenvalue weighted by Gasteiger charge is -2.20. The molecule has 2 aromatic carbocycles. The number of imide groups is 1. The summed E-state index contributed by atoms with van der Waals surface area (Å²) in [5.74, 6) is -0.251. The molecule has 1 aliphatic carbocycles. The largest absolute Gasteiger partial charge is 0.493 e. The highest BCUT2D eigenvalue weighted by atomic mass is 16.5. The quantitative estimate of drug-likeness (QED) is 0.403.